The van der Waals surface area contributed by atoms with Crippen molar-refractivity contribution in [1.29, 1.82) is 0 Å². The number of ether oxygens (including phenoxy) is 1. The van der Waals surface area contributed by atoms with Gasteiger partial charge in [-0.05, 0) is 42.4 Å². The Labute approximate surface area is 150 Å². The Morgan fingerprint density at radius 1 is 1.04 bits per heavy atom. The molecular weight excluding hydrogens is 308 g/mol. The van der Waals surface area contributed by atoms with E-state index in [1.165, 1.54) is 49.7 Å². The molecule has 1 N–H and O–H groups in total. The molecule has 1 unspecified atom stereocenters. The zero-order chi connectivity index (χ0) is 16.9. The van der Waals surface area contributed by atoms with Gasteiger partial charge in [-0.15, -0.1) is 0 Å². The minimum absolute atomic E-state index is 0.395. The maximum absolute atomic E-state index is 6.02. The second-order valence-electron chi connectivity index (χ2n) is 7.51. The first kappa shape index (κ1) is 16.6. The monoisotopic (exact) mass is 336 g/mol. The Morgan fingerprint density at radius 3 is 2.68 bits per heavy atom. The zero-order valence-corrected chi connectivity index (χ0v) is 14.9. The van der Waals surface area contributed by atoms with Gasteiger partial charge >= 0.3 is 0 Å². The summed E-state index contributed by atoms with van der Waals surface area (Å²) in [5.74, 6) is 2.11. The van der Waals surface area contributed by atoms with Gasteiger partial charge in [-0.2, -0.15) is 0 Å². The first-order chi connectivity index (χ1) is 12.4. The first-order valence-corrected chi connectivity index (χ1v) is 9.77. The van der Waals surface area contributed by atoms with E-state index in [1.807, 2.05) is 12.3 Å². The van der Waals surface area contributed by atoms with Gasteiger partial charge in [-0.1, -0.05) is 49.9 Å². The molecule has 1 saturated carbocycles. The number of rotatable bonds is 3. The number of hydrogen-bond acceptors (Lipinski definition) is 3. The summed E-state index contributed by atoms with van der Waals surface area (Å²) in [6, 6.07) is 9.25. The molecule has 25 heavy (non-hydrogen) atoms. The SMILES string of the molecule is C1=COC(C(C2CCCCCC2)[C@@H]2Cc3ccccc3CN2)=CN=C1. The van der Waals surface area contributed by atoms with Crippen LogP contribution in [0.1, 0.15) is 49.7 Å². The molecule has 0 saturated heterocycles. The summed E-state index contributed by atoms with van der Waals surface area (Å²) in [7, 11) is 0. The van der Waals surface area contributed by atoms with Crippen molar-refractivity contribution in [2.75, 3.05) is 0 Å². The number of nitrogens with one attached hydrogen (secondary N) is 1. The third-order valence-corrected chi connectivity index (χ3v) is 5.94. The Balaban J connectivity index is 1.62. The third-order valence-electron chi connectivity index (χ3n) is 5.94. The second kappa shape index (κ2) is 8.01. The molecule has 2 atom stereocenters. The van der Waals surface area contributed by atoms with Gasteiger partial charge in [0, 0.05) is 24.7 Å². The van der Waals surface area contributed by atoms with Crippen LogP contribution in [0, 0.1) is 11.8 Å². The molecule has 2 heterocycles. The van der Waals surface area contributed by atoms with Gasteiger partial charge in [-0.25, -0.2) is 0 Å². The van der Waals surface area contributed by atoms with Gasteiger partial charge < -0.3 is 10.1 Å². The molecule has 132 valence electrons. The highest BCUT2D eigenvalue weighted by molar-refractivity contribution is 5.71. The van der Waals surface area contributed by atoms with E-state index in [9.17, 15) is 0 Å². The highest BCUT2D eigenvalue weighted by Gasteiger charge is 2.35. The van der Waals surface area contributed by atoms with E-state index in [-0.39, 0.29) is 0 Å². The van der Waals surface area contributed by atoms with Crippen LogP contribution in [0.2, 0.25) is 0 Å². The molecule has 1 aromatic rings. The smallest absolute Gasteiger partial charge is 0.126 e. The van der Waals surface area contributed by atoms with Crippen LogP contribution in [0.15, 0.2) is 53.6 Å². The summed E-state index contributed by atoms with van der Waals surface area (Å²) in [5, 5.41) is 3.81. The molecule has 1 aromatic carbocycles. The van der Waals surface area contributed by atoms with Crippen molar-refractivity contribution in [2.45, 2.75) is 57.5 Å². The van der Waals surface area contributed by atoms with Crippen LogP contribution < -0.4 is 5.32 Å². The van der Waals surface area contributed by atoms with Gasteiger partial charge in [0.25, 0.3) is 0 Å². The lowest BCUT2D eigenvalue weighted by molar-refractivity contribution is 0.173. The number of aliphatic imine (C=N–C) groups is 1. The molecule has 0 bridgehead atoms. The summed E-state index contributed by atoms with van der Waals surface area (Å²) < 4.78 is 6.02. The zero-order valence-electron chi connectivity index (χ0n) is 14.9. The predicted octanol–water partition coefficient (Wildman–Crippen LogP) is 4.74. The minimum Gasteiger partial charge on any atom is -0.467 e. The van der Waals surface area contributed by atoms with Crippen LogP contribution in [0.5, 0.6) is 0 Å². The van der Waals surface area contributed by atoms with Crippen molar-refractivity contribution in [1.82, 2.24) is 5.32 Å². The summed E-state index contributed by atoms with van der Waals surface area (Å²) in [6.07, 6.45) is 16.5. The van der Waals surface area contributed by atoms with Crippen LogP contribution >= 0.6 is 0 Å². The molecule has 0 aromatic heterocycles. The lowest BCUT2D eigenvalue weighted by Crippen LogP contribution is -2.45. The standard InChI is InChI=1S/C22H28N2O/c1-2-4-9-17(8-3-1)22(21-16-23-12-7-13-25-21)20-14-18-10-5-6-11-19(18)15-24-20/h5-7,10-13,16-17,20,22,24H,1-4,8-9,14-15H2/t20-,22?/m0/s1. The number of benzene rings is 1. The molecular formula is C22H28N2O. The predicted molar refractivity (Wildman–Crippen MR) is 102 cm³/mol. The Bertz CT molecular complexity index is 668. The largest absolute Gasteiger partial charge is 0.467 e. The average molecular weight is 336 g/mol. The maximum Gasteiger partial charge on any atom is 0.126 e. The highest BCUT2D eigenvalue weighted by atomic mass is 16.5. The Kier molecular flexibility index (Phi) is 5.31. The van der Waals surface area contributed by atoms with Crippen molar-refractivity contribution in [3.8, 4) is 0 Å². The topological polar surface area (TPSA) is 33.6 Å². The van der Waals surface area contributed by atoms with Crippen LogP contribution in [0.25, 0.3) is 0 Å². The average Bonchev–Trinajstić information content (AvgIpc) is 3.08. The first-order valence-electron chi connectivity index (χ1n) is 9.77. The van der Waals surface area contributed by atoms with Gasteiger partial charge in [-0.3, -0.25) is 4.99 Å². The fourth-order valence-electron chi connectivity index (χ4n) is 4.68. The fraction of sp³-hybridized carbons (Fsp3) is 0.500. The Morgan fingerprint density at radius 2 is 1.84 bits per heavy atom. The quantitative estimate of drug-likeness (QED) is 0.809. The van der Waals surface area contributed by atoms with Crippen LogP contribution in [0.3, 0.4) is 0 Å². The molecule has 0 amide bonds. The van der Waals surface area contributed by atoms with Gasteiger partial charge in [0.2, 0.25) is 0 Å². The van der Waals surface area contributed by atoms with Crippen molar-refractivity contribution >= 4 is 6.21 Å². The van der Waals surface area contributed by atoms with Crippen molar-refractivity contribution in [2.24, 2.45) is 16.8 Å². The van der Waals surface area contributed by atoms with Crippen molar-refractivity contribution < 1.29 is 4.74 Å². The third kappa shape index (κ3) is 3.87. The van der Waals surface area contributed by atoms with E-state index in [4.69, 9.17) is 4.74 Å². The van der Waals surface area contributed by atoms with Crippen LogP contribution in [-0.2, 0) is 17.7 Å². The molecule has 1 aliphatic carbocycles. The molecule has 3 nitrogen and oxygen atoms in total. The molecule has 2 aliphatic heterocycles. The molecule has 1 fully saturated rings. The van der Waals surface area contributed by atoms with Gasteiger partial charge in [0.15, 0.2) is 0 Å². The summed E-state index contributed by atoms with van der Waals surface area (Å²) >= 11 is 0. The van der Waals surface area contributed by atoms with Crippen molar-refractivity contribution in [3.05, 3.63) is 59.7 Å². The summed E-state index contributed by atoms with van der Waals surface area (Å²) in [5.41, 5.74) is 2.92. The van der Waals surface area contributed by atoms with E-state index >= 15 is 0 Å². The van der Waals surface area contributed by atoms with Crippen LogP contribution in [0.4, 0.5) is 0 Å². The maximum atomic E-state index is 6.02. The number of hydrogen-bond donors (Lipinski definition) is 1. The number of nitrogens with zero attached hydrogens (tertiary/aromatic N) is 1. The van der Waals surface area contributed by atoms with E-state index < -0.39 is 0 Å². The highest BCUT2D eigenvalue weighted by Crippen LogP contribution is 2.38. The molecule has 0 radical (unpaired) electrons. The lowest BCUT2D eigenvalue weighted by Gasteiger charge is -2.37. The number of fused-ring (bicyclic) bond motifs is 1. The number of allylic oxidation sites excluding steroid dienone is 1. The van der Waals surface area contributed by atoms with E-state index in [1.54, 1.807) is 12.5 Å². The molecule has 4 rings (SSSR count). The van der Waals surface area contributed by atoms with E-state index in [0.29, 0.717) is 17.9 Å². The molecule has 3 aliphatic rings. The van der Waals surface area contributed by atoms with Gasteiger partial charge in [0.1, 0.15) is 5.76 Å². The van der Waals surface area contributed by atoms with E-state index in [0.717, 1.165) is 18.7 Å². The second-order valence-corrected chi connectivity index (χ2v) is 7.51. The van der Waals surface area contributed by atoms with Crippen LogP contribution in [-0.4, -0.2) is 12.3 Å². The van der Waals surface area contributed by atoms with Gasteiger partial charge in [0.05, 0.1) is 12.5 Å². The summed E-state index contributed by atoms with van der Waals surface area (Å²) in [4.78, 5) is 4.40. The van der Waals surface area contributed by atoms with Crippen molar-refractivity contribution in [3.63, 3.8) is 0 Å². The fourth-order valence-corrected chi connectivity index (χ4v) is 4.68. The summed E-state index contributed by atoms with van der Waals surface area (Å²) in [6.45, 7) is 0.955. The van der Waals surface area contributed by atoms with E-state index in [2.05, 4.69) is 34.6 Å². The normalized spacial score (nSPS) is 25.3. The molecule has 0 spiro atoms. The Hall–Kier alpha value is -1.87. The molecule has 3 heteroatoms. The lowest BCUT2D eigenvalue weighted by atomic mass is 9.76. The minimum atomic E-state index is 0.395.